The second-order valence-corrected chi connectivity index (χ2v) is 4.54. The number of halogens is 1. The minimum absolute atomic E-state index is 0.142. The average Bonchev–Trinajstić information content (AvgIpc) is 2.39. The van der Waals surface area contributed by atoms with E-state index in [1.54, 1.807) is 11.9 Å². The van der Waals surface area contributed by atoms with Crippen LogP contribution in [0, 0.1) is 0 Å². The summed E-state index contributed by atoms with van der Waals surface area (Å²) in [4.78, 5) is 17.0. The lowest BCUT2D eigenvalue weighted by molar-refractivity contribution is 0.0697. The van der Waals surface area contributed by atoms with Crippen molar-refractivity contribution in [3.8, 4) is 0 Å². The van der Waals surface area contributed by atoms with Gasteiger partial charge in [0.05, 0.1) is 0 Å². The van der Waals surface area contributed by atoms with Crippen molar-refractivity contribution < 1.29 is 9.90 Å². The van der Waals surface area contributed by atoms with Crippen LogP contribution in [0.5, 0.6) is 0 Å². The van der Waals surface area contributed by atoms with E-state index in [-0.39, 0.29) is 10.7 Å². The Morgan fingerprint density at radius 1 is 1.26 bits per heavy atom. The lowest BCUT2D eigenvalue weighted by atomic mass is 10.2. The number of pyridine rings is 1. The predicted octanol–water partition coefficient (Wildman–Crippen LogP) is 3.07. The Kier molecular flexibility index (Phi) is 4.02. The van der Waals surface area contributed by atoms with Gasteiger partial charge in [0.15, 0.2) is 0 Å². The maximum absolute atomic E-state index is 11.2. The molecule has 2 rings (SSSR count). The van der Waals surface area contributed by atoms with Crippen molar-refractivity contribution in [2.45, 2.75) is 6.54 Å². The molecule has 98 valence electrons. The topological polar surface area (TPSA) is 53.4 Å². The normalized spacial score (nSPS) is 10.2. The molecular formula is C14H13ClN2O2. The van der Waals surface area contributed by atoms with E-state index in [9.17, 15) is 4.79 Å². The number of hydrogen-bond donors (Lipinski definition) is 1. The van der Waals surface area contributed by atoms with E-state index in [4.69, 9.17) is 16.7 Å². The number of carboxylic acid groups (broad SMARTS) is 1. The molecule has 0 amide bonds. The van der Waals surface area contributed by atoms with Gasteiger partial charge in [0.2, 0.25) is 0 Å². The average molecular weight is 277 g/mol. The number of carboxylic acids is 1. The zero-order chi connectivity index (χ0) is 13.8. The molecule has 0 aliphatic carbocycles. The molecule has 0 unspecified atom stereocenters. The van der Waals surface area contributed by atoms with Gasteiger partial charge in [-0.3, -0.25) is 0 Å². The SMILES string of the molecule is CN(Cc1ccccc1)c1nc(Cl)ccc1C(=O)O. The summed E-state index contributed by atoms with van der Waals surface area (Å²) in [5.74, 6) is -0.650. The van der Waals surface area contributed by atoms with Gasteiger partial charge in [0.25, 0.3) is 0 Å². The van der Waals surface area contributed by atoms with Gasteiger partial charge in [0.1, 0.15) is 16.5 Å². The highest BCUT2D eigenvalue weighted by atomic mass is 35.5. The summed E-state index contributed by atoms with van der Waals surface area (Å²) >= 11 is 5.84. The number of benzene rings is 1. The Morgan fingerprint density at radius 3 is 2.58 bits per heavy atom. The third kappa shape index (κ3) is 3.23. The van der Waals surface area contributed by atoms with E-state index in [0.29, 0.717) is 12.4 Å². The third-order valence-electron chi connectivity index (χ3n) is 2.70. The fraction of sp³-hybridized carbons (Fsp3) is 0.143. The van der Waals surface area contributed by atoms with Crippen LogP contribution < -0.4 is 4.90 Å². The molecule has 19 heavy (non-hydrogen) atoms. The number of aromatic carboxylic acids is 1. The first-order chi connectivity index (χ1) is 9.08. The molecule has 2 aromatic rings. The van der Waals surface area contributed by atoms with Gasteiger partial charge in [-0.15, -0.1) is 0 Å². The van der Waals surface area contributed by atoms with Crippen LogP contribution in [0.25, 0.3) is 0 Å². The fourth-order valence-corrected chi connectivity index (χ4v) is 1.96. The highest BCUT2D eigenvalue weighted by molar-refractivity contribution is 6.29. The Balaban J connectivity index is 2.30. The monoisotopic (exact) mass is 276 g/mol. The summed E-state index contributed by atoms with van der Waals surface area (Å²) in [7, 11) is 1.79. The Bertz CT molecular complexity index is 587. The number of rotatable bonds is 4. The molecule has 0 saturated carbocycles. The first-order valence-electron chi connectivity index (χ1n) is 5.73. The molecule has 0 aliphatic rings. The van der Waals surface area contributed by atoms with E-state index in [1.165, 1.54) is 12.1 Å². The van der Waals surface area contributed by atoms with Gasteiger partial charge in [-0.25, -0.2) is 9.78 Å². The molecule has 0 atom stereocenters. The molecule has 4 nitrogen and oxygen atoms in total. The second-order valence-electron chi connectivity index (χ2n) is 4.15. The van der Waals surface area contributed by atoms with E-state index in [0.717, 1.165) is 5.56 Å². The quantitative estimate of drug-likeness (QED) is 0.872. The standard InChI is InChI=1S/C14H13ClN2O2/c1-17(9-10-5-3-2-4-6-10)13-11(14(18)19)7-8-12(15)16-13/h2-8H,9H2,1H3,(H,18,19). The second kappa shape index (κ2) is 5.71. The van der Waals surface area contributed by atoms with Gasteiger partial charge in [-0.05, 0) is 17.7 Å². The zero-order valence-corrected chi connectivity index (χ0v) is 11.1. The van der Waals surface area contributed by atoms with Crippen LogP contribution in [0.4, 0.5) is 5.82 Å². The number of aromatic nitrogens is 1. The molecule has 0 aliphatic heterocycles. The van der Waals surface area contributed by atoms with Gasteiger partial charge in [0, 0.05) is 13.6 Å². The fourth-order valence-electron chi connectivity index (χ4n) is 1.82. The molecule has 1 aromatic carbocycles. The molecule has 1 N–H and O–H groups in total. The highest BCUT2D eigenvalue weighted by Gasteiger charge is 2.15. The van der Waals surface area contributed by atoms with E-state index >= 15 is 0 Å². The van der Waals surface area contributed by atoms with Crippen molar-refractivity contribution in [2.24, 2.45) is 0 Å². The number of carbonyl (C=O) groups is 1. The van der Waals surface area contributed by atoms with Gasteiger partial charge in [-0.2, -0.15) is 0 Å². The maximum atomic E-state index is 11.2. The van der Waals surface area contributed by atoms with Crippen molar-refractivity contribution >= 4 is 23.4 Å². The summed E-state index contributed by atoms with van der Waals surface area (Å²) in [5, 5.41) is 9.44. The predicted molar refractivity (Wildman–Crippen MR) is 74.8 cm³/mol. The third-order valence-corrected chi connectivity index (χ3v) is 2.91. The summed E-state index contributed by atoms with van der Waals surface area (Å²) in [6.45, 7) is 0.564. The zero-order valence-electron chi connectivity index (χ0n) is 10.4. The minimum Gasteiger partial charge on any atom is -0.478 e. The maximum Gasteiger partial charge on any atom is 0.339 e. The van der Waals surface area contributed by atoms with Crippen molar-refractivity contribution in [1.82, 2.24) is 4.98 Å². The van der Waals surface area contributed by atoms with E-state index in [1.807, 2.05) is 30.3 Å². The van der Waals surface area contributed by atoms with Crippen molar-refractivity contribution in [3.63, 3.8) is 0 Å². The first kappa shape index (κ1) is 13.4. The van der Waals surface area contributed by atoms with Gasteiger partial charge < -0.3 is 10.0 Å². The summed E-state index contributed by atoms with van der Waals surface area (Å²) in [6, 6.07) is 12.7. The van der Waals surface area contributed by atoms with Crippen molar-refractivity contribution in [2.75, 3.05) is 11.9 Å². The molecule has 0 radical (unpaired) electrons. The molecule has 1 aromatic heterocycles. The number of nitrogens with zero attached hydrogens (tertiary/aromatic N) is 2. The van der Waals surface area contributed by atoms with E-state index in [2.05, 4.69) is 4.98 Å². The molecule has 0 spiro atoms. The molecular weight excluding hydrogens is 264 g/mol. The number of hydrogen-bond acceptors (Lipinski definition) is 3. The smallest absolute Gasteiger partial charge is 0.339 e. The van der Waals surface area contributed by atoms with Crippen LogP contribution in [-0.4, -0.2) is 23.1 Å². The summed E-state index contributed by atoms with van der Waals surface area (Å²) < 4.78 is 0. The van der Waals surface area contributed by atoms with Crippen molar-refractivity contribution in [3.05, 3.63) is 58.7 Å². The van der Waals surface area contributed by atoms with Gasteiger partial charge in [-0.1, -0.05) is 41.9 Å². The summed E-state index contributed by atoms with van der Waals surface area (Å²) in [5.41, 5.74) is 1.21. The largest absolute Gasteiger partial charge is 0.478 e. The van der Waals surface area contributed by atoms with Crippen LogP contribution >= 0.6 is 11.6 Å². The number of anilines is 1. The molecule has 0 fully saturated rings. The van der Waals surface area contributed by atoms with Gasteiger partial charge >= 0.3 is 5.97 Å². The van der Waals surface area contributed by atoms with Crippen molar-refractivity contribution in [1.29, 1.82) is 0 Å². The Labute approximate surface area is 116 Å². The minimum atomic E-state index is -1.01. The molecule has 0 saturated heterocycles. The van der Waals surface area contributed by atoms with E-state index < -0.39 is 5.97 Å². The highest BCUT2D eigenvalue weighted by Crippen LogP contribution is 2.21. The summed E-state index contributed by atoms with van der Waals surface area (Å²) in [6.07, 6.45) is 0. The van der Waals surface area contributed by atoms with Crippen LogP contribution in [0.1, 0.15) is 15.9 Å². The van der Waals surface area contributed by atoms with Crippen LogP contribution in [0.15, 0.2) is 42.5 Å². The Morgan fingerprint density at radius 2 is 1.95 bits per heavy atom. The first-order valence-corrected chi connectivity index (χ1v) is 6.10. The van der Waals surface area contributed by atoms with Crippen LogP contribution in [0.2, 0.25) is 5.15 Å². The lowest BCUT2D eigenvalue weighted by Gasteiger charge is -2.20. The molecule has 1 heterocycles. The van der Waals surface area contributed by atoms with Crippen LogP contribution in [-0.2, 0) is 6.54 Å². The van der Waals surface area contributed by atoms with Crippen LogP contribution in [0.3, 0.4) is 0 Å². The molecule has 5 heteroatoms. The molecule has 0 bridgehead atoms. The Hall–Kier alpha value is -2.07. The lowest BCUT2D eigenvalue weighted by Crippen LogP contribution is -2.20.